The number of hydrogen-bond acceptors (Lipinski definition) is 6. The van der Waals surface area contributed by atoms with Gasteiger partial charge >= 0.3 is 0 Å². The molecule has 6 heteroatoms. The molecule has 4 fully saturated rings. The van der Waals surface area contributed by atoms with Crippen molar-refractivity contribution in [1.82, 2.24) is 16.2 Å². The molecule has 3 N–H and O–H groups in total. The van der Waals surface area contributed by atoms with Gasteiger partial charge in [0.2, 0.25) is 0 Å². The van der Waals surface area contributed by atoms with Crippen LogP contribution in [-0.2, 0) is 14.2 Å². The Morgan fingerprint density at radius 3 is 2.64 bits per heavy atom. The Kier molecular flexibility index (Phi) is 5.94. The second-order valence-electron chi connectivity index (χ2n) is 8.55. The zero-order valence-corrected chi connectivity index (χ0v) is 15.7. The molecule has 1 aliphatic carbocycles. The summed E-state index contributed by atoms with van der Waals surface area (Å²) < 4.78 is 18.5. The van der Waals surface area contributed by atoms with Crippen molar-refractivity contribution in [2.75, 3.05) is 26.3 Å². The highest BCUT2D eigenvalue weighted by Gasteiger charge is 2.45. The topological polar surface area (TPSA) is 63.8 Å². The molecule has 0 aromatic rings. The molecule has 3 aliphatic heterocycles. The van der Waals surface area contributed by atoms with E-state index in [4.69, 9.17) is 14.2 Å². The summed E-state index contributed by atoms with van der Waals surface area (Å²) in [7, 11) is 0. The summed E-state index contributed by atoms with van der Waals surface area (Å²) >= 11 is 0. The summed E-state index contributed by atoms with van der Waals surface area (Å²) in [6.07, 6.45) is 6.73. The molecule has 6 nitrogen and oxygen atoms in total. The van der Waals surface area contributed by atoms with Gasteiger partial charge in [-0.2, -0.15) is 0 Å². The molecule has 4 bridgehead atoms. The lowest BCUT2D eigenvalue weighted by Gasteiger charge is -2.39. The number of rotatable bonds is 0. The van der Waals surface area contributed by atoms with Crippen molar-refractivity contribution in [1.29, 1.82) is 0 Å². The first-order chi connectivity index (χ1) is 12.2. The number of fused-ring (bicyclic) bond motifs is 4. The third-order valence-corrected chi connectivity index (χ3v) is 6.47. The maximum Gasteiger partial charge on any atom is 0.0784 e. The quantitative estimate of drug-likeness (QED) is 0.608. The van der Waals surface area contributed by atoms with Gasteiger partial charge < -0.3 is 19.5 Å². The minimum atomic E-state index is 0.147. The first-order valence-electron chi connectivity index (χ1n) is 10.3. The van der Waals surface area contributed by atoms with Gasteiger partial charge in [-0.3, -0.25) is 10.9 Å². The molecule has 6 unspecified atom stereocenters. The molecule has 3 heterocycles. The van der Waals surface area contributed by atoms with E-state index in [2.05, 4.69) is 30.0 Å². The Morgan fingerprint density at radius 1 is 0.840 bits per heavy atom. The van der Waals surface area contributed by atoms with Gasteiger partial charge in [0, 0.05) is 25.2 Å². The van der Waals surface area contributed by atoms with Crippen LogP contribution in [0.5, 0.6) is 0 Å². The van der Waals surface area contributed by atoms with Crippen LogP contribution in [-0.4, -0.2) is 62.8 Å². The van der Waals surface area contributed by atoms with Crippen molar-refractivity contribution in [2.24, 2.45) is 11.8 Å². The third kappa shape index (κ3) is 4.37. The molecule has 4 rings (SSSR count). The number of nitrogens with one attached hydrogen (secondary N) is 3. The Labute approximate surface area is 151 Å². The first-order valence-corrected chi connectivity index (χ1v) is 10.3. The van der Waals surface area contributed by atoms with Crippen LogP contribution in [0.3, 0.4) is 0 Å². The molecule has 4 aliphatic rings. The third-order valence-electron chi connectivity index (χ3n) is 6.47. The van der Waals surface area contributed by atoms with E-state index in [1.165, 1.54) is 19.3 Å². The molecule has 144 valence electrons. The van der Waals surface area contributed by atoms with Crippen molar-refractivity contribution in [3.05, 3.63) is 0 Å². The summed E-state index contributed by atoms with van der Waals surface area (Å²) in [5.74, 6) is 1.27. The maximum atomic E-state index is 6.37. The fraction of sp³-hybridized carbons (Fsp3) is 1.00. The Morgan fingerprint density at radius 2 is 1.72 bits per heavy atom. The van der Waals surface area contributed by atoms with Crippen LogP contribution in [0.25, 0.3) is 0 Å². The second-order valence-corrected chi connectivity index (χ2v) is 8.55. The van der Waals surface area contributed by atoms with Gasteiger partial charge in [0.25, 0.3) is 0 Å². The van der Waals surface area contributed by atoms with Crippen LogP contribution >= 0.6 is 0 Å². The lowest BCUT2D eigenvalue weighted by atomic mass is 9.74. The van der Waals surface area contributed by atoms with E-state index in [1.807, 2.05) is 0 Å². The SMILES string of the molecule is C[C@@H]1COCC[C@H](C)OC2CCC3NNC(C4CNCC(C4)O1)C3C2. The zero-order valence-electron chi connectivity index (χ0n) is 15.7. The monoisotopic (exact) mass is 353 g/mol. The van der Waals surface area contributed by atoms with Crippen LogP contribution in [0.1, 0.15) is 46.0 Å². The highest BCUT2D eigenvalue weighted by molar-refractivity contribution is 5.00. The molecule has 25 heavy (non-hydrogen) atoms. The number of ether oxygens (including phenoxy) is 3. The Balaban J connectivity index is 1.48. The zero-order chi connectivity index (χ0) is 17.2. The smallest absolute Gasteiger partial charge is 0.0784 e. The highest BCUT2D eigenvalue weighted by Crippen LogP contribution is 2.37. The normalized spacial score (nSPS) is 49.2. The van der Waals surface area contributed by atoms with Crippen molar-refractivity contribution in [3.8, 4) is 0 Å². The minimum Gasteiger partial charge on any atom is -0.379 e. The van der Waals surface area contributed by atoms with Gasteiger partial charge in [0.15, 0.2) is 0 Å². The molecule has 0 spiro atoms. The van der Waals surface area contributed by atoms with E-state index >= 15 is 0 Å². The molecule has 0 amide bonds. The summed E-state index contributed by atoms with van der Waals surface area (Å²) in [5.41, 5.74) is 7.21. The van der Waals surface area contributed by atoms with Crippen molar-refractivity contribution < 1.29 is 14.2 Å². The van der Waals surface area contributed by atoms with Crippen molar-refractivity contribution in [3.63, 3.8) is 0 Å². The Hall–Kier alpha value is -0.240. The van der Waals surface area contributed by atoms with Crippen LogP contribution in [0, 0.1) is 11.8 Å². The van der Waals surface area contributed by atoms with Gasteiger partial charge in [0.1, 0.15) is 0 Å². The number of piperidine rings is 1. The highest BCUT2D eigenvalue weighted by atomic mass is 16.5. The lowest BCUT2D eigenvalue weighted by Crippen LogP contribution is -2.51. The predicted molar refractivity (Wildman–Crippen MR) is 96.3 cm³/mol. The summed E-state index contributed by atoms with van der Waals surface area (Å²) in [6.45, 7) is 7.77. The van der Waals surface area contributed by atoms with Crippen LogP contribution in [0.4, 0.5) is 0 Å². The summed E-state index contributed by atoms with van der Waals surface area (Å²) in [4.78, 5) is 0. The maximum absolute atomic E-state index is 6.37. The molecule has 1 saturated carbocycles. The van der Waals surface area contributed by atoms with E-state index in [-0.39, 0.29) is 18.3 Å². The van der Waals surface area contributed by atoms with Crippen LogP contribution < -0.4 is 16.2 Å². The lowest BCUT2D eigenvalue weighted by molar-refractivity contribution is -0.0696. The van der Waals surface area contributed by atoms with Gasteiger partial charge in [0.05, 0.1) is 31.0 Å². The van der Waals surface area contributed by atoms with E-state index in [9.17, 15) is 0 Å². The van der Waals surface area contributed by atoms with Gasteiger partial charge in [-0.15, -0.1) is 0 Å². The molecule has 0 aromatic carbocycles. The van der Waals surface area contributed by atoms with E-state index < -0.39 is 0 Å². The molecule has 0 aromatic heterocycles. The van der Waals surface area contributed by atoms with Gasteiger partial charge in [-0.1, -0.05) is 0 Å². The average molecular weight is 354 g/mol. The average Bonchev–Trinajstić information content (AvgIpc) is 3.01. The largest absolute Gasteiger partial charge is 0.379 e. The predicted octanol–water partition coefficient (Wildman–Crippen LogP) is 1.21. The molecular weight excluding hydrogens is 318 g/mol. The second kappa shape index (κ2) is 8.19. The number of hydrogen-bond donors (Lipinski definition) is 3. The summed E-state index contributed by atoms with van der Waals surface area (Å²) in [5, 5.41) is 3.60. The molecule has 3 saturated heterocycles. The fourth-order valence-electron chi connectivity index (χ4n) is 5.22. The fourth-order valence-corrected chi connectivity index (χ4v) is 5.22. The standard InChI is InChI=1S/C19H35N3O3/c1-12-5-6-23-11-13(2)25-16-7-14(9-20-10-16)19-17-8-15(24-12)3-4-18(17)21-22-19/h12-22H,3-11H2,1-2H3/t12-,13+,14?,15?,16?,17?,18?,19?/m0/s1. The summed E-state index contributed by atoms with van der Waals surface area (Å²) in [6, 6.07) is 1.11. The van der Waals surface area contributed by atoms with Crippen LogP contribution in [0.15, 0.2) is 0 Å². The van der Waals surface area contributed by atoms with E-state index in [1.54, 1.807) is 0 Å². The number of hydrazine groups is 1. The Bertz CT molecular complexity index is 438. The van der Waals surface area contributed by atoms with Crippen molar-refractivity contribution in [2.45, 2.75) is 82.5 Å². The van der Waals surface area contributed by atoms with E-state index in [0.29, 0.717) is 36.6 Å². The first kappa shape index (κ1) is 18.1. The molecule has 0 radical (unpaired) electrons. The minimum absolute atomic E-state index is 0.147. The van der Waals surface area contributed by atoms with Crippen LogP contribution in [0.2, 0.25) is 0 Å². The van der Waals surface area contributed by atoms with E-state index in [0.717, 1.165) is 32.5 Å². The van der Waals surface area contributed by atoms with Gasteiger partial charge in [-0.25, -0.2) is 0 Å². The molecular formula is C19H35N3O3. The van der Waals surface area contributed by atoms with Crippen molar-refractivity contribution >= 4 is 0 Å². The van der Waals surface area contributed by atoms with Gasteiger partial charge in [-0.05, 0) is 64.3 Å². The molecule has 8 atom stereocenters.